The number of hydrogen-bond acceptors (Lipinski definition) is 6. The molecule has 0 aromatic heterocycles. The number of aliphatic hydroxyl groups excluding tert-OH is 3. The van der Waals surface area contributed by atoms with Crippen molar-refractivity contribution < 1.29 is 34.4 Å². The largest absolute Gasteiger partial charge is 0.544 e. The van der Waals surface area contributed by atoms with E-state index in [1.54, 1.807) is 0 Å². The average Bonchev–Trinajstić information content (AvgIpc) is 2.26. The lowest BCUT2D eigenvalue weighted by Crippen LogP contribution is -2.60. The molecule has 1 atom stereocenters. The second kappa shape index (κ2) is 9.22. The molecule has 0 fully saturated rings. The lowest BCUT2D eigenvalue weighted by atomic mass is 10.2. The minimum Gasteiger partial charge on any atom is -0.544 e. The van der Waals surface area contributed by atoms with Crippen LogP contribution >= 0.6 is 0 Å². The summed E-state index contributed by atoms with van der Waals surface area (Å²) in [6, 6.07) is 0. The number of carboxylic acids is 1. The minimum atomic E-state index is -1.28. The third kappa shape index (κ3) is 8.12. The van der Waals surface area contributed by atoms with Gasteiger partial charge in [-0.25, -0.2) is 0 Å². The number of quaternary nitrogens is 1. The molecule has 0 aromatic rings. The first-order valence-electron chi connectivity index (χ1n) is 6.41. The van der Waals surface area contributed by atoms with Gasteiger partial charge in [0.15, 0.2) is 0 Å². The molecule has 19 heavy (non-hydrogen) atoms. The summed E-state index contributed by atoms with van der Waals surface area (Å²) >= 11 is 0. The monoisotopic (exact) mass is 279 g/mol. The van der Waals surface area contributed by atoms with Crippen molar-refractivity contribution in [3.63, 3.8) is 0 Å². The number of hydrogen-bond donors (Lipinski definition) is 3. The molecule has 0 aromatic carbocycles. The van der Waals surface area contributed by atoms with Gasteiger partial charge in [0.1, 0.15) is 32.3 Å². The molecule has 114 valence electrons. The number of carbonyl (C=O) groups is 1. The highest BCUT2D eigenvalue weighted by Gasteiger charge is 2.30. The molecule has 0 aliphatic rings. The lowest BCUT2D eigenvalue weighted by molar-refractivity contribution is -0.926. The predicted molar refractivity (Wildman–Crippen MR) is 66.0 cm³/mol. The fourth-order valence-corrected chi connectivity index (χ4v) is 2.02. The Balaban J connectivity index is 4.64. The van der Waals surface area contributed by atoms with Crippen LogP contribution in [0.15, 0.2) is 0 Å². The SMILES string of the molecule is CC(C)OCC(O)C[N+](CCO)(CCO)CC(=O)[O-]. The smallest absolute Gasteiger partial charge is 0.126 e. The summed E-state index contributed by atoms with van der Waals surface area (Å²) in [6.07, 6.45) is -0.895. The zero-order valence-electron chi connectivity index (χ0n) is 11.6. The van der Waals surface area contributed by atoms with Crippen molar-refractivity contribution in [1.29, 1.82) is 0 Å². The molecular formula is C12H25NO6. The van der Waals surface area contributed by atoms with E-state index in [1.807, 2.05) is 13.8 Å². The van der Waals surface area contributed by atoms with E-state index in [2.05, 4.69) is 0 Å². The quantitative estimate of drug-likeness (QED) is 0.356. The van der Waals surface area contributed by atoms with Crippen LogP contribution in [0.25, 0.3) is 0 Å². The van der Waals surface area contributed by atoms with Gasteiger partial charge < -0.3 is 34.4 Å². The molecule has 0 saturated heterocycles. The van der Waals surface area contributed by atoms with E-state index in [0.717, 1.165) is 0 Å². The van der Waals surface area contributed by atoms with Gasteiger partial charge in [-0.2, -0.15) is 0 Å². The zero-order valence-corrected chi connectivity index (χ0v) is 11.6. The summed E-state index contributed by atoms with van der Waals surface area (Å²) < 4.78 is 5.14. The van der Waals surface area contributed by atoms with Gasteiger partial charge in [-0.05, 0) is 13.8 Å². The molecule has 0 rings (SSSR count). The Morgan fingerprint density at radius 2 is 1.79 bits per heavy atom. The highest BCUT2D eigenvalue weighted by Crippen LogP contribution is 2.09. The van der Waals surface area contributed by atoms with Crippen molar-refractivity contribution in [2.75, 3.05) is 46.0 Å². The van der Waals surface area contributed by atoms with Gasteiger partial charge in [0.05, 0.1) is 31.9 Å². The van der Waals surface area contributed by atoms with Gasteiger partial charge in [-0.1, -0.05) is 0 Å². The van der Waals surface area contributed by atoms with E-state index in [1.165, 1.54) is 0 Å². The number of aliphatic hydroxyl groups is 3. The van der Waals surface area contributed by atoms with Gasteiger partial charge in [-0.15, -0.1) is 0 Å². The summed E-state index contributed by atoms with van der Waals surface area (Å²) in [5.41, 5.74) is 0. The van der Waals surface area contributed by atoms with Gasteiger partial charge in [0.2, 0.25) is 0 Å². The van der Waals surface area contributed by atoms with Crippen molar-refractivity contribution >= 4 is 5.97 Å². The molecule has 7 nitrogen and oxygen atoms in total. The Labute approximate surface area is 113 Å². The molecule has 0 heterocycles. The number of rotatable bonds is 11. The van der Waals surface area contributed by atoms with E-state index in [0.29, 0.717) is 0 Å². The molecule has 0 amide bonds. The van der Waals surface area contributed by atoms with Crippen molar-refractivity contribution in [2.45, 2.75) is 26.1 Å². The fraction of sp³-hybridized carbons (Fsp3) is 0.917. The summed E-state index contributed by atoms with van der Waals surface area (Å²) in [4.78, 5) is 10.8. The highest BCUT2D eigenvalue weighted by atomic mass is 16.5. The second-order valence-electron chi connectivity index (χ2n) is 4.98. The van der Waals surface area contributed by atoms with E-state index in [4.69, 9.17) is 14.9 Å². The number of carbonyl (C=O) groups excluding carboxylic acids is 1. The third-order valence-electron chi connectivity index (χ3n) is 2.83. The molecule has 1 unspecified atom stereocenters. The molecule has 0 spiro atoms. The average molecular weight is 279 g/mol. The summed E-state index contributed by atoms with van der Waals surface area (Å²) in [6.45, 7) is 3.27. The zero-order chi connectivity index (χ0) is 14.9. The number of aliphatic carboxylic acids is 1. The van der Waals surface area contributed by atoms with Gasteiger partial charge in [0.25, 0.3) is 0 Å². The maximum atomic E-state index is 10.8. The summed E-state index contributed by atoms with van der Waals surface area (Å²) in [5, 5.41) is 38.8. The minimum absolute atomic E-state index is 0.0339. The molecule has 0 radical (unpaired) electrons. The van der Waals surface area contributed by atoms with Crippen LogP contribution in [0, 0.1) is 0 Å². The molecular weight excluding hydrogens is 254 g/mol. The third-order valence-corrected chi connectivity index (χ3v) is 2.83. The lowest BCUT2D eigenvalue weighted by Gasteiger charge is -2.39. The van der Waals surface area contributed by atoms with Crippen LogP contribution in [0.3, 0.4) is 0 Å². The van der Waals surface area contributed by atoms with E-state index in [9.17, 15) is 15.0 Å². The first-order chi connectivity index (χ1) is 8.85. The topological polar surface area (TPSA) is 110 Å². The Bertz CT molecular complexity index is 253. The Hall–Kier alpha value is -0.730. The van der Waals surface area contributed by atoms with E-state index < -0.39 is 12.1 Å². The van der Waals surface area contributed by atoms with E-state index in [-0.39, 0.29) is 56.6 Å². The van der Waals surface area contributed by atoms with Crippen LogP contribution in [0.5, 0.6) is 0 Å². The van der Waals surface area contributed by atoms with Gasteiger partial charge in [0, 0.05) is 0 Å². The Morgan fingerprint density at radius 1 is 1.26 bits per heavy atom. The predicted octanol–water partition coefficient (Wildman–Crippen LogP) is -2.68. The summed E-state index contributed by atoms with van der Waals surface area (Å²) in [5.74, 6) is -1.28. The number of carboxylic acid groups (broad SMARTS) is 1. The second-order valence-corrected chi connectivity index (χ2v) is 4.98. The van der Waals surface area contributed by atoms with Crippen molar-refractivity contribution in [3.8, 4) is 0 Å². The molecule has 7 heteroatoms. The fourth-order valence-electron chi connectivity index (χ4n) is 2.02. The van der Waals surface area contributed by atoms with Crippen LogP contribution in [0.4, 0.5) is 0 Å². The number of ether oxygens (including phenoxy) is 1. The maximum Gasteiger partial charge on any atom is 0.126 e. The summed E-state index contributed by atoms with van der Waals surface area (Å²) in [7, 11) is 0. The molecule has 0 aliphatic carbocycles. The van der Waals surface area contributed by atoms with Crippen molar-refractivity contribution in [2.24, 2.45) is 0 Å². The van der Waals surface area contributed by atoms with Gasteiger partial charge in [-0.3, -0.25) is 0 Å². The molecule has 0 bridgehead atoms. The van der Waals surface area contributed by atoms with Crippen LogP contribution < -0.4 is 5.11 Å². The van der Waals surface area contributed by atoms with Crippen LogP contribution in [-0.2, 0) is 9.53 Å². The standard InChI is InChI=1S/C12H25NO6/c1-10(2)19-9-11(16)7-13(3-5-14,4-6-15)8-12(17)18/h10-11,14-16H,3-9H2,1-2H3. The Kier molecular flexibility index (Phi) is 8.86. The van der Waals surface area contributed by atoms with Crippen molar-refractivity contribution in [3.05, 3.63) is 0 Å². The number of nitrogens with zero attached hydrogens (tertiary/aromatic N) is 1. The van der Waals surface area contributed by atoms with Crippen LogP contribution in [0.1, 0.15) is 13.8 Å². The normalized spacial score (nSPS) is 13.8. The van der Waals surface area contributed by atoms with Crippen LogP contribution in [-0.4, -0.2) is 84.0 Å². The molecule has 0 saturated carbocycles. The van der Waals surface area contributed by atoms with Gasteiger partial charge >= 0.3 is 0 Å². The molecule has 0 aliphatic heterocycles. The van der Waals surface area contributed by atoms with Crippen molar-refractivity contribution in [1.82, 2.24) is 0 Å². The molecule has 3 N–H and O–H groups in total. The highest BCUT2D eigenvalue weighted by molar-refractivity contribution is 5.65. The van der Waals surface area contributed by atoms with Crippen LogP contribution in [0.2, 0.25) is 0 Å². The van der Waals surface area contributed by atoms with E-state index >= 15 is 0 Å². The first kappa shape index (κ1) is 18.3. The maximum absolute atomic E-state index is 10.8. The Morgan fingerprint density at radius 3 is 2.16 bits per heavy atom. The first-order valence-corrected chi connectivity index (χ1v) is 6.41.